The summed E-state index contributed by atoms with van der Waals surface area (Å²) in [5.41, 5.74) is 1.19. The molecular formula is C15H17N3O3. The maximum absolute atomic E-state index is 12.1. The molecule has 0 spiro atoms. The summed E-state index contributed by atoms with van der Waals surface area (Å²) < 4.78 is 10.1. The van der Waals surface area contributed by atoms with Crippen molar-refractivity contribution in [3.8, 4) is 0 Å². The zero-order valence-electron chi connectivity index (χ0n) is 11.9. The molecule has 6 heteroatoms. The minimum atomic E-state index is 0.121. The number of hydrogen-bond donors (Lipinski definition) is 0. The molecule has 1 unspecified atom stereocenters. The van der Waals surface area contributed by atoms with Crippen LogP contribution < -0.4 is 0 Å². The smallest absolute Gasteiger partial charge is 0.246 e. The number of hydrogen-bond acceptors (Lipinski definition) is 5. The Morgan fingerprint density at radius 2 is 2.19 bits per heavy atom. The molecule has 2 heterocycles. The third-order valence-electron chi connectivity index (χ3n) is 3.60. The molecule has 0 aliphatic carbocycles. The highest BCUT2D eigenvalue weighted by molar-refractivity contribution is 5.79. The molecule has 6 nitrogen and oxygen atoms in total. The topological polar surface area (TPSA) is 68.5 Å². The summed E-state index contributed by atoms with van der Waals surface area (Å²) >= 11 is 0. The lowest BCUT2D eigenvalue weighted by Gasteiger charge is -2.14. The lowest BCUT2D eigenvalue weighted by molar-refractivity contribution is -0.128. The van der Waals surface area contributed by atoms with Gasteiger partial charge in [-0.2, -0.15) is 4.98 Å². The Balaban J connectivity index is 1.65. The van der Waals surface area contributed by atoms with E-state index in [1.54, 1.807) is 12.0 Å². The fraction of sp³-hybridized carbons (Fsp3) is 0.400. The van der Waals surface area contributed by atoms with Crippen molar-refractivity contribution >= 4 is 5.91 Å². The van der Waals surface area contributed by atoms with Crippen molar-refractivity contribution < 1.29 is 14.1 Å². The van der Waals surface area contributed by atoms with E-state index in [1.165, 1.54) is 5.56 Å². The molecule has 1 atom stereocenters. The van der Waals surface area contributed by atoms with E-state index in [0.29, 0.717) is 37.8 Å². The number of likely N-dealkylation sites (tertiary alicyclic amines) is 1. The second-order valence-corrected chi connectivity index (χ2v) is 5.12. The monoisotopic (exact) mass is 287 g/mol. The van der Waals surface area contributed by atoms with Gasteiger partial charge in [0.25, 0.3) is 0 Å². The zero-order valence-corrected chi connectivity index (χ0v) is 11.9. The number of rotatable bonds is 5. The van der Waals surface area contributed by atoms with Crippen molar-refractivity contribution in [3.05, 3.63) is 47.6 Å². The molecule has 2 aromatic rings. The van der Waals surface area contributed by atoms with Gasteiger partial charge in [0.1, 0.15) is 6.61 Å². The van der Waals surface area contributed by atoms with E-state index < -0.39 is 0 Å². The summed E-state index contributed by atoms with van der Waals surface area (Å²) in [6, 6.07) is 10.1. The number of benzene rings is 1. The third kappa shape index (κ3) is 3.11. The molecule has 1 saturated heterocycles. The molecule has 3 rings (SSSR count). The molecular weight excluding hydrogens is 270 g/mol. The first-order valence-electron chi connectivity index (χ1n) is 6.89. The Morgan fingerprint density at radius 3 is 2.95 bits per heavy atom. The van der Waals surface area contributed by atoms with Gasteiger partial charge in [0, 0.05) is 26.0 Å². The standard InChI is InChI=1S/C15H17N3O3/c1-20-10-13-16-14(21-17-13)9-18-8-12(7-15(18)19)11-5-3-2-4-6-11/h2-6,12H,7-10H2,1H3. The summed E-state index contributed by atoms with van der Waals surface area (Å²) in [6.45, 7) is 1.35. The number of carbonyl (C=O) groups is 1. The molecule has 0 radical (unpaired) electrons. The van der Waals surface area contributed by atoms with Crippen LogP contribution in [0.4, 0.5) is 0 Å². The maximum Gasteiger partial charge on any atom is 0.246 e. The number of amides is 1. The Morgan fingerprint density at radius 1 is 1.38 bits per heavy atom. The molecule has 1 fully saturated rings. The van der Waals surface area contributed by atoms with Gasteiger partial charge in [-0.05, 0) is 5.56 Å². The van der Waals surface area contributed by atoms with Gasteiger partial charge in [0.2, 0.25) is 11.8 Å². The van der Waals surface area contributed by atoms with Crippen LogP contribution in [0.15, 0.2) is 34.9 Å². The van der Waals surface area contributed by atoms with E-state index in [0.717, 1.165) is 0 Å². The highest BCUT2D eigenvalue weighted by Gasteiger charge is 2.31. The van der Waals surface area contributed by atoms with Gasteiger partial charge in [-0.15, -0.1) is 0 Å². The van der Waals surface area contributed by atoms with Gasteiger partial charge in [0.15, 0.2) is 5.82 Å². The maximum atomic E-state index is 12.1. The van der Waals surface area contributed by atoms with Crippen LogP contribution in [0.5, 0.6) is 0 Å². The van der Waals surface area contributed by atoms with Crippen molar-refractivity contribution in [2.24, 2.45) is 0 Å². The Kier molecular flexibility index (Phi) is 3.96. The zero-order chi connectivity index (χ0) is 14.7. The number of methoxy groups -OCH3 is 1. The largest absolute Gasteiger partial charge is 0.377 e. The minimum absolute atomic E-state index is 0.121. The van der Waals surface area contributed by atoms with Gasteiger partial charge < -0.3 is 14.2 Å². The van der Waals surface area contributed by atoms with Crippen molar-refractivity contribution in [2.45, 2.75) is 25.5 Å². The second kappa shape index (κ2) is 6.05. The first-order chi connectivity index (χ1) is 10.3. The second-order valence-electron chi connectivity index (χ2n) is 5.12. The fourth-order valence-electron chi connectivity index (χ4n) is 2.58. The van der Waals surface area contributed by atoms with E-state index in [2.05, 4.69) is 22.3 Å². The molecule has 0 N–H and O–H groups in total. The summed E-state index contributed by atoms with van der Waals surface area (Å²) in [5, 5.41) is 3.80. The van der Waals surface area contributed by atoms with E-state index in [1.807, 2.05) is 18.2 Å². The average Bonchev–Trinajstić information content (AvgIpc) is 3.08. The SMILES string of the molecule is COCc1noc(CN2CC(c3ccccc3)CC2=O)n1. The number of aromatic nitrogens is 2. The molecule has 1 amide bonds. The summed E-state index contributed by atoms with van der Waals surface area (Å²) in [7, 11) is 1.57. The average molecular weight is 287 g/mol. The molecule has 0 saturated carbocycles. The Labute approximate surface area is 122 Å². The lowest BCUT2D eigenvalue weighted by Crippen LogP contribution is -2.24. The lowest BCUT2D eigenvalue weighted by atomic mass is 9.99. The minimum Gasteiger partial charge on any atom is -0.377 e. The first kappa shape index (κ1) is 13.8. The third-order valence-corrected chi connectivity index (χ3v) is 3.60. The molecule has 1 aromatic heterocycles. The molecule has 0 bridgehead atoms. The van der Waals surface area contributed by atoms with E-state index in [-0.39, 0.29) is 11.8 Å². The van der Waals surface area contributed by atoms with Crippen LogP contribution in [0.25, 0.3) is 0 Å². The van der Waals surface area contributed by atoms with Crippen molar-refractivity contribution in [1.29, 1.82) is 0 Å². The van der Waals surface area contributed by atoms with Crippen LogP contribution in [0.2, 0.25) is 0 Å². The summed E-state index contributed by atoms with van der Waals surface area (Å²) in [5.74, 6) is 1.30. The molecule has 1 aromatic carbocycles. The number of ether oxygens (including phenoxy) is 1. The van der Waals surface area contributed by atoms with Gasteiger partial charge in [-0.25, -0.2) is 0 Å². The van der Waals surface area contributed by atoms with Crippen LogP contribution in [-0.2, 0) is 22.7 Å². The van der Waals surface area contributed by atoms with Gasteiger partial charge in [0.05, 0.1) is 6.54 Å². The molecule has 1 aliphatic rings. The van der Waals surface area contributed by atoms with Gasteiger partial charge >= 0.3 is 0 Å². The number of nitrogens with zero attached hydrogens (tertiary/aromatic N) is 3. The van der Waals surface area contributed by atoms with Crippen LogP contribution in [0.3, 0.4) is 0 Å². The van der Waals surface area contributed by atoms with Crippen molar-refractivity contribution in [3.63, 3.8) is 0 Å². The van der Waals surface area contributed by atoms with Crippen LogP contribution in [-0.4, -0.2) is 34.6 Å². The molecule has 21 heavy (non-hydrogen) atoms. The molecule has 110 valence electrons. The summed E-state index contributed by atoms with van der Waals surface area (Å²) in [6.07, 6.45) is 0.531. The predicted octanol–water partition coefficient (Wildman–Crippen LogP) is 1.73. The van der Waals surface area contributed by atoms with Crippen LogP contribution in [0, 0.1) is 0 Å². The van der Waals surface area contributed by atoms with Crippen molar-refractivity contribution in [1.82, 2.24) is 15.0 Å². The highest BCUT2D eigenvalue weighted by atomic mass is 16.5. The first-order valence-corrected chi connectivity index (χ1v) is 6.89. The van der Waals surface area contributed by atoms with Crippen molar-refractivity contribution in [2.75, 3.05) is 13.7 Å². The van der Waals surface area contributed by atoms with Crippen LogP contribution in [0.1, 0.15) is 29.6 Å². The van der Waals surface area contributed by atoms with E-state index >= 15 is 0 Å². The highest BCUT2D eigenvalue weighted by Crippen LogP contribution is 2.28. The number of carbonyl (C=O) groups excluding carboxylic acids is 1. The van der Waals surface area contributed by atoms with Gasteiger partial charge in [-0.3, -0.25) is 4.79 Å². The predicted molar refractivity (Wildman–Crippen MR) is 74.2 cm³/mol. The van der Waals surface area contributed by atoms with Crippen LogP contribution >= 0.6 is 0 Å². The summed E-state index contributed by atoms with van der Waals surface area (Å²) in [4.78, 5) is 18.1. The van der Waals surface area contributed by atoms with Gasteiger partial charge in [-0.1, -0.05) is 35.5 Å². The normalized spacial score (nSPS) is 18.4. The van der Waals surface area contributed by atoms with E-state index in [4.69, 9.17) is 9.26 Å². The van der Waals surface area contributed by atoms with E-state index in [9.17, 15) is 4.79 Å². The molecule has 1 aliphatic heterocycles. The fourth-order valence-corrected chi connectivity index (χ4v) is 2.58. The Hall–Kier alpha value is -2.21. The quantitative estimate of drug-likeness (QED) is 0.837. The Bertz CT molecular complexity index is 612.